The maximum atomic E-state index is 12.8. The first-order valence-electron chi connectivity index (χ1n) is 30.3. The van der Waals surface area contributed by atoms with E-state index in [1.54, 1.807) is 0 Å². The molecule has 400 valence electrons. The van der Waals surface area contributed by atoms with Gasteiger partial charge in [-0.25, -0.2) is 0 Å². The zero-order valence-corrected chi connectivity index (χ0v) is 45.9. The Kier molecular flexibility index (Phi) is 55.7. The molecule has 0 aromatic carbocycles. The molecule has 0 bridgehead atoms. The summed E-state index contributed by atoms with van der Waals surface area (Å²) in [4.78, 5) is 38.0. The standard InChI is InChI=1S/C62H116O6/c1-4-7-10-13-16-19-21-23-25-26-27-28-29-30-31-32-33-34-35-36-37-39-40-43-46-49-52-55-61(64)67-58-59(57-66-60(63)54-51-48-45-42-18-15-12-9-6-3)68-62(65)56-53-50-47-44-41-38-24-22-20-17-14-11-8-5-2/h22,24,26-27,59H,4-21,23,25,28-58H2,1-3H3/b24-22-,27-26-. The van der Waals surface area contributed by atoms with Gasteiger partial charge in [0.1, 0.15) is 13.2 Å². The number of hydrogen-bond acceptors (Lipinski definition) is 6. The fourth-order valence-electron chi connectivity index (χ4n) is 9.08. The minimum absolute atomic E-state index is 0.0700. The van der Waals surface area contributed by atoms with Crippen LogP contribution in [0, 0.1) is 0 Å². The lowest BCUT2D eigenvalue weighted by Crippen LogP contribution is -2.30. The number of rotatable bonds is 56. The lowest BCUT2D eigenvalue weighted by molar-refractivity contribution is -0.167. The Balaban J connectivity index is 4.10. The highest BCUT2D eigenvalue weighted by atomic mass is 16.6. The Labute approximate surface area is 423 Å². The van der Waals surface area contributed by atoms with Crippen molar-refractivity contribution in [1.82, 2.24) is 0 Å². The first kappa shape index (κ1) is 65.9. The molecular weight excluding hydrogens is 841 g/mol. The second-order valence-corrected chi connectivity index (χ2v) is 20.6. The van der Waals surface area contributed by atoms with Crippen LogP contribution in [0.4, 0.5) is 0 Å². The Bertz CT molecular complexity index is 1100. The number of carbonyl (C=O) groups excluding carboxylic acids is 3. The third kappa shape index (κ3) is 54.8. The van der Waals surface area contributed by atoms with Gasteiger partial charge in [-0.2, -0.15) is 0 Å². The lowest BCUT2D eigenvalue weighted by atomic mass is 10.0. The van der Waals surface area contributed by atoms with E-state index in [2.05, 4.69) is 45.1 Å². The molecule has 0 aliphatic heterocycles. The van der Waals surface area contributed by atoms with E-state index in [1.165, 1.54) is 231 Å². The summed E-state index contributed by atoms with van der Waals surface area (Å²) in [6.07, 6.45) is 67.7. The number of carbonyl (C=O) groups is 3. The molecule has 6 nitrogen and oxygen atoms in total. The maximum absolute atomic E-state index is 12.8. The van der Waals surface area contributed by atoms with Gasteiger partial charge in [0, 0.05) is 19.3 Å². The van der Waals surface area contributed by atoms with Gasteiger partial charge in [0.15, 0.2) is 6.10 Å². The van der Waals surface area contributed by atoms with Crippen LogP contribution in [-0.2, 0) is 28.6 Å². The largest absolute Gasteiger partial charge is 0.462 e. The maximum Gasteiger partial charge on any atom is 0.306 e. The monoisotopic (exact) mass is 957 g/mol. The van der Waals surface area contributed by atoms with E-state index in [4.69, 9.17) is 14.2 Å². The molecule has 0 saturated carbocycles. The van der Waals surface area contributed by atoms with Crippen LogP contribution in [0.2, 0.25) is 0 Å². The molecule has 0 aromatic rings. The second kappa shape index (κ2) is 57.5. The zero-order valence-electron chi connectivity index (χ0n) is 45.9. The highest BCUT2D eigenvalue weighted by molar-refractivity contribution is 5.71. The van der Waals surface area contributed by atoms with Crippen LogP contribution < -0.4 is 0 Å². The van der Waals surface area contributed by atoms with Gasteiger partial charge >= 0.3 is 17.9 Å². The van der Waals surface area contributed by atoms with Gasteiger partial charge in [0.25, 0.3) is 0 Å². The van der Waals surface area contributed by atoms with Crippen LogP contribution in [-0.4, -0.2) is 37.2 Å². The van der Waals surface area contributed by atoms with Gasteiger partial charge in [-0.3, -0.25) is 14.4 Å². The summed E-state index contributed by atoms with van der Waals surface area (Å²) in [6.45, 7) is 6.65. The summed E-state index contributed by atoms with van der Waals surface area (Å²) in [5.41, 5.74) is 0. The van der Waals surface area contributed by atoms with Crippen LogP contribution in [0.1, 0.15) is 335 Å². The molecule has 0 aromatic heterocycles. The Morgan fingerprint density at radius 1 is 0.279 bits per heavy atom. The molecule has 0 rings (SSSR count). The zero-order chi connectivity index (χ0) is 49.3. The molecular formula is C62H116O6. The Morgan fingerprint density at radius 3 is 0.735 bits per heavy atom. The van der Waals surface area contributed by atoms with Crippen molar-refractivity contribution in [1.29, 1.82) is 0 Å². The normalized spacial score (nSPS) is 12.1. The molecule has 1 unspecified atom stereocenters. The number of hydrogen-bond donors (Lipinski definition) is 0. The molecule has 1 atom stereocenters. The van der Waals surface area contributed by atoms with Crippen LogP contribution in [0.25, 0.3) is 0 Å². The van der Waals surface area contributed by atoms with Crippen molar-refractivity contribution >= 4 is 17.9 Å². The third-order valence-corrected chi connectivity index (χ3v) is 13.7. The second-order valence-electron chi connectivity index (χ2n) is 20.6. The van der Waals surface area contributed by atoms with Crippen molar-refractivity contribution < 1.29 is 28.6 Å². The quantitative estimate of drug-likeness (QED) is 0.0262. The van der Waals surface area contributed by atoms with Gasteiger partial charge in [-0.1, -0.05) is 270 Å². The predicted octanol–water partition coefficient (Wildman–Crippen LogP) is 20.3. The molecule has 0 saturated heterocycles. The van der Waals surface area contributed by atoms with Crippen molar-refractivity contribution in [3.63, 3.8) is 0 Å². The predicted molar refractivity (Wildman–Crippen MR) is 293 cm³/mol. The van der Waals surface area contributed by atoms with Crippen molar-refractivity contribution in [2.75, 3.05) is 13.2 Å². The Morgan fingerprint density at radius 2 is 0.485 bits per heavy atom. The summed E-state index contributed by atoms with van der Waals surface area (Å²) >= 11 is 0. The van der Waals surface area contributed by atoms with Crippen LogP contribution in [0.3, 0.4) is 0 Å². The van der Waals surface area contributed by atoms with Crippen molar-refractivity contribution in [3.8, 4) is 0 Å². The van der Waals surface area contributed by atoms with Crippen molar-refractivity contribution in [3.05, 3.63) is 24.3 Å². The molecule has 0 amide bonds. The highest BCUT2D eigenvalue weighted by Crippen LogP contribution is 2.17. The molecule has 6 heteroatoms. The van der Waals surface area contributed by atoms with Gasteiger partial charge in [0.2, 0.25) is 0 Å². The topological polar surface area (TPSA) is 78.9 Å². The summed E-state index contributed by atoms with van der Waals surface area (Å²) in [7, 11) is 0. The van der Waals surface area contributed by atoms with Crippen LogP contribution in [0.5, 0.6) is 0 Å². The average molecular weight is 958 g/mol. The summed E-state index contributed by atoms with van der Waals surface area (Å²) in [5.74, 6) is -0.862. The van der Waals surface area contributed by atoms with E-state index >= 15 is 0 Å². The summed E-state index contributed by atoms with van der Waals surface area (Å²) in [6, 6.07) is 0. The first-order valence-corrected chi connectivity index (χ1v) is 30.3. The molecule has 68 heavy (non-hydrogen) atoms. The van der Waals surface area contributed by atoms with Gasteiger partial charge in [-0.05, 0) is 70.6 Å². The molecule has 0 heterocycles. The van der Waals surface area contributed by atoms with Gasteiger partial charge in [0.05, 0.1) is 0 Å². The molecule has 0 fully saturated rings. The van der Waals surface area contributed by atoms with Crippen LogP contribution >= 0.6 is 0 Å². The Hall–Kier alpha value is -2.11. The molecule has 0 aliphatic carbocycles. The fourth-order valence-corrected chi connectivity index (χ4v) is 9.08. The molecule has 0 radical (unpaired) electrons. The number of ether oxygens (including phenoxy) is 3. The van der Waals surface area contributed by atoms with Crippen molar-refractivity contribution in [2.45, 2.75) is 341 Å². The third-order valence-electron chi connectivity index (χ3n) is 13.7. The van der Waals surface area contributed by atoms with Crippen LogP contribution in [0.15, 0.2) is 24.3 Å². The van der Waals surface area contributed by atoms with Gasteiger partial charge in [-0.15, -0.1) is 0 Å². The summed E-state index contributed by atoms with van der Waals surface area (Å²) in [5, 5.41) is 0. The van der Waals surface area contributed by atoms with E-state index < -0.39 is 6.10 Å². The SMILES string of the molecule is CCCCCCC/C=C\CCCCCCCC(=O)OC(COC(=O)CCCCCCCCCCC)COC(=O)CCCCCCCCCCCCCCCCC/C=C\CCCCCCCCCC. The lowest BCUT2D eigenvalue weighted by Gasteiger charge is -2.18. The molecule has 0 N–H and O–H groups in total. The van der Waals surface area contributed by atoms with E-state index in [0.29, 0.717) is 19.3 Å². The van der Waals surface area contributed by atoms with E-state index in [0.717, 1.165) is 64.2 Å². The minimum atomic E-state index is -0.770. The van der Waals surface area contributed by atoms with Crippen molar-refractivity contribution in [2.24, 2.45) is 0 Å². The van der Waals surface area contributed by atoms with E-state index in [-0.39, 0.29) is 31.1 Å². The first-order chi connectivity index (χ1) is 33.5. The molecule has 0 aliphatic rings. The van der Waals surface area contributed by atoms with E-state index in [1.807, 2.05) is 0 Å². The number of esters is 3. The highest BCUT2D eigenvalue weighted by Gasteiger charge is 2.19. The average Bonchev–Trinajstić information content (AvgIpc) is 3.34. The smallest absolute Gasteiger partial charge is 0.306 e. The van der Waals surface area contributed by atoms with Gasteiger partial charge < -0.3 is 14.2 Å². The molecule has 0 spiro atoms. The number of unbranched alkanes of at least 4 members (excludes halogenated alkanes) is 41. The fraction of sp³-hybridized carbons (Fsp3) is 0.887. The summed E-state index contributed by atoms with van der Waals surface area (Å²) < 4.78 is 16.8. The minimum Gasteiger partial charge on any atom is -0.462 e. The number of allylic oxidation sites excluding steroid dienone is 4. The van der Waals surface area contributed by atoms with E-state index in [9.17, 15) is 14.4 Å².